The summed E-state index contributed by atoms with van der Waals surface area (Å²) >= 11 is 1.70. The summed E-state index contributed by atoms with van der Waals surface area (Å²) in [5, 5.41) is 9.82. The van der Waals surface area contributed by atoms with Gasteiger partial charge in [0.1, 0.15) is 12.7 Å². The molecule has 0 aliphatic carbocycles. The van der Waals surface area contributed by atoms with Gasteiger partial charge in [-0.3, -0.25) is 4.99 Å². The monoisotopic (exact) mass is 502 g/mol. The molecule has 0 spiro atoms. The van der Waals surface area contributed by atoms with Gasteiger partial charge in [0.25, 0.3) is 0 Å². The second-order valence-corrected chi connectivity index (χ2v) is 8.06. The van der Waals surface area contributed by atoms with Crippen LogP contribution in [-0.4, -0.2) is 37.2 Å². The first-order valence-corrected chi connectivity index (χ1v) is 9.61. The molecule has 148 valence electrons. The molecule has 0 radical (unpaired) electrons. The van der Waals surface area contributed by atoms with Gasteiger partial charge in [0, 0.05) is 17.8 Å². The van der Waals surface area contributed by atoms with Crippen molar-refractivity contribution in [3.8, 4) is 11.5 Å². The second-order valence-electron chi connectivity index (χ2n) is 7.20. The van der Waals surface area contributed by atoms with Crippen LogP contribution in [0.4, 0.5) is 0 Å². The minimum Gasteiger partial charge on any atom is -0.486 e. The molecule has 27 heavy (non-hydrogen) atoms. The Labute approximate surface area is 181 Å². The van der Waals surface area contributed by atoms with Gasteiger partial charge >= 0.3 is 0 Å². The summed E-state index contributed by atoms with van der Waals surface area (Å²) in [6.45, 7) is 8.28. The average molecular weight is 502 g/mol. The van der Waals surface area contributed by atoms with Crippen LogP contribution in [0.3, 0.4) is 0 Å². The van der Waals surface area contributed by atoms with Crippen LogP contribution in [0.1, 0.15) is 31.5 Å². The highest BCUT2D eigenvalue weighted by Crippen LogP contribution is 2.30. The van der Waals surface area contributed by atoms with E-state index in [0.29, 0.717) is 19.7 Å². The van der Waals surface area contributed by atoms with Crippen molar-refractivity contribution in [1.29, 1.82) is 0 Å². The number of nitrogens with zero attached hydrogens (tertiary/aromatic N) is 2. The van der Waals surface area contributed by atoms with E-state index in [-0.39, 0.29) is 35.5 Å². The van der Waals surface area contributed by atoms with Gasteiger partial charge in [0.2, 0.25) is 0 Å². The molecule has 3 rings (SSSR count). The van der Waals surface area contributed by atoms with Crippen molar-refractivity contribution in [2.45, 2.75) is 38.8 Å². The molecule has 1 aliphatic rings. The Morgan fingerprint density at radius 3 is 2.67 bits per heavy atom. The molecule has 0 fully saturated rings. The van der Waals surface area contributed by atoms with Crippen molar-refractivity contribution in [2.24, 2.45) is 4.99 Å². The summed E-state index contributed by atoms with van der Waals surface area (Å²) in [6.07, 6.45) is -0.0600. The maximum absolute atomic E-state index is 5.95. The number of thiazole rings is 1. The average Bonchev–Trinajstić information content (AvgIpc) is 3.11. The van der Waals surface area contributed by atoms with Gasteiger partial charge in [0.15, 0.2) is 17.5 Å². The highest BCUT2D eigenvalue weighted by atomic mass is 127. The Morgan fingerprint density at radius 1 is 1.26 bits per heavy atom. The molecule has 6 nitrogen and oxygen atoms in total. The zero-order chi connectivity index (χ0) is 18.6. The van der Waals surface area contributed by atoms with E-state index in [1.807, 2.05) is 24.3 Å². The van der Waals surface area contributed by atoms with E-state index in [1.165, 1.54) is 0 Å². The van der Waals surface area contributed by atoms with Crippen LogP contribution < -0.4 is 20.1 Å². The van der Waals surface area contributed by atoms with E-state index >= 15 is 0 Å². The normalized spacial score (nSPS) is 16.4. The minimum absolute atomic E-state index is 0. The van der Waals surface area contributed by atoms with Crippen LogP contribution in [0.15, 0.2) is 34.6 Å². The van der Waals surface area contributed by atoms with E-state index in [9.17, 15) is 0 Å². The molecule has 1 aromatic heterocycles. The van der Waals surface area contributed by atoms with Crippen molar-refractivity contribution >= 4 is 41.3 Å². The predicted molar refractivity (Wildman–Crippen MR) is 121 cm³/mol. The van der Waals surface area contributed by atoms with Crippen molar-refractivity contribution in [3.63, 3.8) is 0 Å². The Bertz CT molecular complexity index is 773. The lowest BCUT2D eigenvalue weighted by molar-refractivity contribution is 0.0936. The predicted octanol–water partition coefficient (Wildman–Crippen LogP) is 3.56. The minimum atomic E-state index is -0.0600. The highest BCUT2D eigenvalue weighted by Gasteiger charge is 2.21. The quantitative estimate of drug-likeness (QED) is 0.380. The molecule has 1 aromatic carbocycles. The molecule has 0 bridgehead atoms. The van der Waals surface area contributed by atoms with Crippen LogP contribution >= 0.6 is 35.3 Å². The number of nitrogens with one attached hydrogen (secondary N) is 2. The van der Waals surface area contributed by atoms with Gasteiger partial charge in [-0.2, -0.15) is 0 Å². The number of guanidine groups is 1. The maximum atomic E-state index is 5.95. The Hall–Kier alpha value is -1.55. The number of aliphatic imine (C=N–C) groups is 1. The van der Waals surface area contributed by atoms with E-state index in [4.69, 9.17) is 14.5 Å². The Balaban J connectivity index is 0.00000261. The van der Waals surface area contributed by atoms with E-state index in [0.717, 1.165) is 28.2 Å². The molecule has 1 atom stereocenters. The molecular formula is C19H27IN4O2S. The second kappa shape index (κ2) is 9.59. The number of ether oxygens (including phenoxy) is 2. The third-order valence-electron chi connectivity index (χ3n) is 3.92. The van der Waals surface area contributed by atoms with Crippen LogP contribution in [0.5, 0.6) is 11.5 Å². The SMILES string of the molecule is CN=C(NCc1csc(C(C)(C)C)n1)NCC1COc2ccccc2O1.I. The van der Waals surface area contributed by atoms with Gasteiger partial charge in [-0.05, 0) is 12.1 Å². The standard InChI is InChI=1S/C19H26N4O2S.HI/c1-19(2,3)17-23-13(12-26-17)9-21-18(20-4)22-10-14-11-24-15-7-5-6-8-16(15)25-14;/h5-8,12,14H,9-11H2,1-4H3,(H2,20,21,22);1H. The fourth-order valence-electron chi connectivity index (χ4n) is 2.50. The number of fused-ring (bicyclic) bond motifs is 1. The molecule has 0 amide bonds. The van der Waals surface area contributed by atoms with E-state index < -0.39 is 0 Å². The fourth-order valence-corrected chi connectivity index (χ4v) is 3.41. The van der Waals surface area contributed by atoms with Crippen molar-refractivity contribution < 1.29 is 9.47 Å². The van der Waals surface area contributed by atoms with Crippen LogP contribution in [0.2, 0.25) is 0 Å². The first kappa shape index (κ1) is 21.7. The fraction of sp³-hybridized carbons (Fsp3) is 0.474. The summed E-state index contributed by atoms with van der Waals surface area (Å²) < 4.78 is 11.7. The molecule has 2 aromatic rings. The topological polar surface area (TPSA) is 67.8 Å². The Kier molecular flexibility index (Phi) is 7.72. The first-order valence-electron chi connectivity index (χ1n) is 8.73. The lowest BCUT2D eigenvalue weighted by atomic mass is 9.98. The van der Waals surface area contributed by atoms with Crippen LogP contribution in [0, 0.1) is 0 Å². The molecule has 1 unspecified atom stereocenters. The number of rotatable bonds is 4. The largest absolute Gasteiger partial charge is 0.486 e. The van der Waals surface area contributed by atoms with Crippen molar-refractivity contribution in [3.05, 3.63) is 40.3 Å². The van der Waals surface area contributed by atoms with Crippen molar-refractivity contribution in [1.82, 2.24) is 15.6 Å². The molecule has 0 saturated heterocycles. The summed E-state index contributed by atoms with van der Waals surface area (Å²) in [5.74, 6) is 2.30. The zero-order valence-electron chi connectivity index (χ0n) is 16.1. The van der Waals surface area contributed by atoms with E-state index in [2.05, 4.69) is 41.8 Å². The summed E-state index contributed by atoms with van der Waals surface area (Å²) in [7, 11) is 1.75. The number of aromatic nitrogens is 1. The number of halogens is 1. The summed E-state index contributed by atoms with van der Waals surface area (Å²) in [4.78, 5) is 8.95. The molecule has 1 aliphatic heterocycles. The maximum Gasteiger partial charge on any atom is 0.191 e. The molecule has 2 N–H and O–H groups in total. The van der Waals surface area contributed by atoms with Gasteiger partial charge in [-0.1, -0.05) is 32.9 Å². The molecule has 0 saturated carbocycles. The van der Waals surface area contributed by atoms with Crippen LogP contribution in [0.25, 0.3) is 0 Å². The van der Waals surface area contributed by atoms with Gasteiger partial charge in [-0.15, -0.1) is 35.3 Å². The molecule has 8 heteroatoms. The lowest BCUT2D eigenvalue weighted by Crippen LogP contribution is -2.45. The molecular weight excluding hydrogens is 475 g/mol. The highest BCUT2D eigenvalue weighted by molar-refractivity contribution is 14.0. The van der Waals surface area contributed by atoms with Gasteiger partial charge in [0.05, 0.1) is 23.8 Å². The number of para-hydroxylation sites is 2. The number of hydrogen-bond donors (Lipinski definition) is 2. The summed E-state index contributed by atoms with van der Waals surface area (Å²) in [5.41, 5.74) is 1.10. The first-order chi connectivity index (χ1) is 12.5. The lowest BCUT2D eigenvalue weighted by Gasteiger charge is -2.27. The number of benzene rings is 1. The smallest absolute Gasteiger partial charge is 0.191 e. The molecule has 2 heterocycles. The Morgan fingerprint density at radius 2 is 2.00 bits per heavy atom. The zero-order valence-corrected chi connectivity index (χ0v) is 19.3. The number of hydrogen-bond acceptors (Lipinski definition) is 5. The van der Waals surface area contributed by atoms with Gasteiger partial charge < -0.3 is 20.1 Å². The summed E-state index contributed by atoms with van der Waals surface area (Å²) in [6, 6.07) is 7.72. The van der Waals surface area contributed by atoms with E-state index in [1.54, 1.807) is 18.4 Å². The van der Waals surface area contributed by atoms with Gasteiger partial charge in [-0.25, -0.2) is 4.98 Å². The third kappa shape index (κ3) is 5.97. The van der Waals surface area contributed by atoms with Crippen molar-refractivity contribution in [2.75, 3.05) is 20.2 Å². The van der Waals surface area contributed by atoms with Crippen LogP contribution in [-0.2, 0) is 12.0 Å². The third-order valence-corrected chi connectivity index (χ3v) is 5.24.